The monoisotopic (exact) mass is 173 g/mol. The number of rotatable bonds is 0. The highest BCUT2D eigenvalue weighted by Gasteiger charge is 2.08. The van der Waals surface area contributed by atoms with E-state index in [0.717, 1.165) is 6.42 Å². The van der Waals surface area contributed by atoms with Crippen LogP contribution < -0.4 is 5.32 Å². The maximum atomic E-state index is 3.45. The standard InChI is InChI=1S/C12H15N/c1-9-7-8-11-5-3-4-6-12(11)13-10(9)2/h3-6,13H,7-8H2,1-2H3. The Labute approximate surface area is 79.5 Å². The van der Waals surface area contributed by atoms with Crippen LogP contribution in [0.15, 0.2) is 35.5 Å². The summed E-state index contributed by atoms with van der Waals surface area (Å²) in [5.41, 5.74) is 5.48. The summed E-state index contributed by atoms with van der Waals surface area (Å²) in [6.07, 6.45) is 2.34. The molecule has 68 valence electrons. The predicted octanol–water partition coefficient (Wildman–Crippen LogP) is 3.34. The molecule has 0 fully saturated rings. The van der Waals surface area contributed by atoms with Crippen molar-refractivity contribution >= 4 is 5.69 Å². The lowest BCUT2D eigenvalue weighted by Crippen LogP contribution is -1.96. The van der Waals surface area contributed by atoms with Gasteiger partial charge in [-0.25, -0.2) is 0 Å². The van der Waals surface area contributed by atoms with Crippen LogP contribution in [0.5, 0.6) is 0 Å². The molecule has 1 aliphatic rings. The summed E-state index contributed by atoms with van der Waals surface area (Å²) in [5.74, 6) is 0. The third-order valence-corrected chi connectivity index (χ3v) is 2.75. The fraction of sp³-hybridized carbons (Fsp3) is 0.333. The Morgan fingerprint density at radius 3 is 2.69 bits per heavy atom. The topological polar surface area (TPSA) is 12.0 Å². The minimum Gasteiger partial charge on any atom is -0.359 e. The van der Waals surface area contributed by atoms with Gasteiger partial charge in [0.25, 0.3) is 0 Å². The zero-order chi connectivity index (χ0) is 9.26. The second-order valence-corrected chi connectivity index (χ2v) is 3.69. The summed E-state index contributed by atoms with van der Waals surface area (Å²) in [4.78, 5) is 0. The van der Waals surface area contributed by atoms with Gasteiger partial charge in [-0.1, -0.05) is 23.8 Å². The van der Waals surface area contributed by atoms with Crippen molar-refractivity contribution in [2.75, 3.05) is 5.32 Å². The van der Waals surface area contributed by atoms with Crippen molar-refractivity contribution in [2.45, 2.75) is 26.7 Å². The van der Waals surface area contributed by atoms with Crippen LogP contribution in [-0.2, 0) is 6.42 Å². The van der Waals surface area contributed by atoms with Crippen molar-refractivity contribution in [2.24, 2.45) is 0 Å². The lowest BCUT2D eigenvalue weighted by Gasteiger charge is -2.08. The molecule has 0 bridgehead atoms. The third-order valence-electron chi connectivity index (χ3n) is 2.75. The molecule has 1 heterocycles. The first kappa shape index (κ1) is 8.36. The molecule has 0 atom stereocenters. The number of nitrogens with one attached hydrogen (secondary N) is 1. The molecular formula is C12H15N. The average molecular weight is 173 g/mol. The summed E-state index contributed by atoms with van der Waals surface area (Å²) in [7, 11) is 0. The van der Waals surface area contributed by atoms with E-state index in [0.29, 0.717) is 0 Å². The van der Waals surface area contributed by atoms with Gasteiger partial charge in [0.15, 0.2) is 0 Å². The maximum absolute atomic E-state index is 3.45. The van der Waals surface area contributed by atoms with Crippen molar-refractivity contribution in [1.82, 2.24) is 0 Å². The van der Waals surface area contributed by atoms with E-state index in [4.69, 9.17) is 0 Å². The summed E-state index contributed by atoms with van der Waals surface area (Å²) in [6, 6.07) is 8.54. The van der Waals surface area contributed by atoms with Crippen LogP contribution in [0.2, 0.25) is 0 Å². The Morgan fingerprint density at radius 2 is 1.85 bits per heavy atom. The van der Waals surface area contributed by atoms with Gasteiger partial charge < -0.3 is 5.32 Å². The van der Waals surface area contributed by atoms with E-state index >= 15 is 0 Å². The zero-order valence-corrected chi connectivity index (χ0v) is 8.22. The van der Waals surface area contributed by atoms with Crippen LogP contribution in [0.4, 0.5) is 5.69 Å². The largest absolute Gasteiger partial charge is 0.359 e. The van der Waals surface area contributed by atoms with Gasteiger partial charge in [-0.15, -0.1) is 0 Å². The molecule has 1 aromatic rings. The van der Waals surface area contributed by atoms with Crippen molar-refractivity contribution in [3.05, 3.63) is 41.1 Å². The molecule has 1 nitrogen and oxygen atoms in total. The first-order valence-corrected chi connectivity index (χ1v) is 4.78. The van der Waals surface area contributed by atoms with Gasteiger partial charge in [0.2, 0.25) is 0 Å². The van der Waals surface area contributed by atoms with Crippen LogP contribution in [0.1, 0.15) is 25.8 Å². The average Bonchev–Trinajstić information content (AvgIpc) is 2.28. The normalized spacial score (nSPS) is 16.2. The molecule has 0 amide bonds. The van der Waals surface area contributed by atoms with E-state index in [9.17, 15) is 0 Å². The van der Waals surface area contributed by atoms with E-state index in [1.165, 1.54) is 28.9 Å². The molecule has 0 radical (unpaired) electrons. The molecule has 1 N–H and O–H groups in total. The van der Waals surface area contributed by atoms with Gasteiger partial charge in [-0.05, 0) is 38.3 Å². The van der Waals surface area contributed by atoms with Crippen LogP contribution in [-0.4, -0.2) is 0 Å². The van der Waals surface area contributed by atoms with E-state index in [-0.39, 0.29) is 0 Å². The van der Waals surface area contributed by atoms with Gasteiger partial charge in [-0.3, -0.25) is 0 Å². The highest BCUT2D eigenvalue weighted by atomic mass is 14.9. The van der Waals surface area contributed by atoms with E-state index in [1.807, 2.05) is 0 Å². The molecule has 0 unspecified atom stereocenters. The molecule has 0 aromatic heterocycles. The van der Waals surface area contributed by atoms with Gasteiger partial charge >= 0.3 is 0 Å². The van der Waals surface area contributed by atoms with E-state index < -0.39 is 0 Å². The predicted molar refractivity (Wildman–Crippen MR) is 56.8 cm³/mol. The Kier molecular flexibility index (Phi) is 2.09. The quantitative estimate of drug-likeness (QED) is 0.634. The molecule has 0 saturated heterocycles. The van der Waals surface area contributed by atoms with Crippen LogP contribution in [0.25, 0.3) is 0 Å². The number of aryl methyl sites for hydroxylation is 1. The Bertz CT molecular complexity index is 350. The number of hydrogen-bond donors (Lipinski definition) is 1. The van der Waals surface area contributed by atoms with E-state index in [2.05, 4.69) is 43.4 Å². The number of para-hydroxylation sites is 1. The Balaban J connectivity index is 2.39. The number of benzene rings is 1. The molecule has 1 aliphatic heterocycles. The smallest absolute Gasteiger partial charge is 0.0414 e. The van der Waals surface area contributed by atoms with Crippen molar-refractivity contribution < 1.29 is 0 Å². The summed E-state index contributed by atoms with van der Waals surface area (Å²) in [6.45, 7) is 4.35. The van der Waals surface area contributed by atoms with Gasteiger partial charge in [0.05, 0.1) is 0 Å². The molecule has 1 aromatic carbocycles. The SMILES string of the molecule is CC1=C(C)Nc2ccccc2CC1. The summed E-state index contributed by atoms with van der Waals surface area (Å²) < 4.78 is 0. The minimum absolute atomic E-state index is 1.16. The lowest BCUT2D eigenvalue weighted by molar-refractivity contribution is 0.943. The second kappa shape index (κ2) is 3.25. The summed E-state index contributed by atoms with van der Waals surface area (Å²) in [5, 5.41) is 3.45. The van der Waals surface area contributed by atoms with E-state index in [1.54, 1.807) is 0 Å². The molecule has 2 rings (SSSR count). The number of hydrogen-bond acceptors (Lipinski definition) is 1. The summed E-state index contributed by atoms with van der Waals surface area (Å²) >= 11 is 0. The molecule has 0 saturated carbocycles. The minimum atomic E-state index is 1.16. The third kappa shape index (κ3) is 1.59. The lowest BCUT2D eigenvalue weighted by atomic mass is 10.1. The molecular weight excluding hydrogens is 158 g/mol. The van der Waals surface area contributed by atoms with Crippen LogP contribution in [0.3, 0.4) is 0 Å². The Hall–Kier alpha value is -1.24. The van der Waals surface area contributed by atoms with Gasteiger partial charge in [-0.2, -0.15) is 0 Å². The highest BCUT2D eigenvalue weighted by Crippen LogP contribution is 2.25. The zero-order valence-electron chi connectivity index (χ0n) is 8.22. The van der Waals surface area contributed by atoms with Crippen molar-refractivity contribution in [3.8, 4) is 0 Å². The van der Waals surface area contributed by atoms with Crippen molar-refractivity contribution in [3.63, 3.8) is 0 Å². The number of fused-ring (bicyclic) bond motifs is 1. The first-order chi connectivity index (χ1) is 6.27. The molecule has 1 heteroatoms. The van der Waals surface area contributed by atoms with Gasteiger partial charge in [0, 0.05) is 11.4 Å². The highest BCUT2D eigenvalue weighted by molar-refractivity contribution is 5.56. The first-order valence-electron chi connectivity index (χ1n) is 4.78. The van der Waals surface area contributed by atoms with Gasteiger partial charge in [0.1, 0.15) is 0 Å². The van der Waals surface area contributed by atoms with Crippen molar-refractivity contribution in [1.29, 1.82) is 0 Å². The molecule has 13 heavy (non-hydrogen) atoms. The number of anilines is 1. The fourth-order valence-corrected chi connectivity index (χ4v) is 1.68. The van der Waals surface area contributed by atoms with Crippen LogP contribution in [0, 0.1) is 0 Å². The second-order valence-electron chi connectivity index (χ2n) is 3.69. The number of allylic oxidation sites excluding steroid dienone is 2. The Morgan fingerprint density at radius 1 is 1.08 bits per heavy atom. The fourth-order valence-electron chi connectivity index (χ4n) is 1.68. The maximum Gasteiger partial charge on any atom is 0.0414 e. The molecule has 0 aliphatic carbocycles. The molecule has 0 spiro atoms. The van der Waals surface area contributed by atoms with Crippen LogP contribution >= 0.6 is 0 Å².